The molecular formula is C18H13F3N2O3S. The quantitative estimate of drug-likeness (QED) is 0.761. The van der Waals surface area contributed by atoms with E-state index in [1.807, 2.05) is 0 Å². The molecule has 1 saturated heterocycles. The average molecular weight is 394 g/mol. The highest BCUT2D eigenvalue weighted by Gasteiger charge is 2.30. The lowest BCUT2D eigenvalue weighted by atomic mass is 10.2. The van der Waals surface area contributed by atoms with Gasteiger partial charge in [-0.25, -0.2) is 4.99 Å². The highest BCUT2D eigenvalue weighted by atomic mass is 32.2. The first kappa shape index (κ1) is 18.8. The number of thioether (sulfide) groups is 1. The first-order valence-corrected chi connectivity index (χ1v) is 8.42. The van der Waals surface area contributed by atoms with Crippen molar-refractivity contribution in [1.29, 1.82) is 0 Å². The number of amides is 1. The van der Waals surface area contributed by atoms with Crippen molar-refractivity contribution in [2.45, 2.75) is 6.18 Å². The predicted molar refractivity (Wildman–Crippen MR) is 96.9 cm³/mol. The highest BCUT2D eigenvalue weighted by molar-refractivity contribution is 8.18. The molecule has 1 aliphatic heterocycles. The normalized spacial score (nSPS) is 17.4. The van der Waals surface area contributed by atoms with Crippen LogP contribution in [0, 0.1) is 0 Å². The minimum atomic E-state index is -4.47. The zero-order valence-corrected chi connectivity index (χ0v) is 14.7. The number of rotatable bonds is 3. The van der Waals surface area contributed by atoms with E-state index in [2.05, 4.69) is 10.3 Å². The van der Waals surface area contributed by atoms with Crippen LogP contribution in [0.5, 0.6) is 11.5 Å². The van der Waals surface area contributed by atoms with Gasteiger partial charge in [-0.15, -0.1) is 0 Å². The van der Waals surface area contributed by atoms with Gasteiger partial charge in [0.2, 0.25) is 0 Å². The van der Waals surface area contributed by atoms with Crippen LogP contribution in [-0.2, 0) is 11.0 Å². The fourth-order valence-electron chi connectivity index (χ4n) is 2.30. The maximum absolute atomic E-state index is 12.8. The monoisotopic (exact) mass is 394 g/mol. The second-order valence-electron chi connectivity index (χ2n) is 5.46. The lowest BCUT2D eigenvalue weighted by molar-refractivity contribution is -0.137. The van der Waals surface area contributed by atoms with Crippen LogP contribution < -0.4 is 10.1 Å². The third-order valence-electron chi connectivity index (χ3n) is 3.56. The minimum absolute atomic E-state index is 0.0758. The molecule has 1 fully saturated rings. The average Bonchev–Trinajstić information content (AvgIpc) is 2.93. The fraction of sp³-hybridized carbons (Fsp3) is 0.111. The number of carbonyl (C=O) groups excluding carboxylic acids is 1. The maximum Gasteiger partial charge on any atom is 0.416 e. The number of carbonyl (C=O) groups is 1. The first-order valence-electron chi connectivity index (χ1n) is 7.60. The number of alkyl halides is 3. The second-order valence-corrected chi connectivity index (χ2v) is 6.49. The molecule has 2 N–H and O–H groups in total. The SMILES string of the molecule is COc1ccc(/C=C2\SC(=Nc3cccc(C(F)(F)F)c3)NC2=O)cc1O. The number of hydrogen-bond acceptors (Lipinski definition) is 5. The summed E-state index contributed by atoms with van der Waals surface area (Å²) >= 11 is 0.994. The number of aliphatic imine (C=N–C) groups is 1. The predicted octanol–water partition coefficient (Wildman–Crippen LogP) is 4.31. The van der Waals surface area contributed by atoms with Crippen LogP contribution in [0.15, 0.2) is 52.4 Å². The van der Waals surface area contributed by atoms with E-state index in [0.29, 0.717) is 16.2 Å². The number of phenols is 1. The van der Waals surface area contributed by atoms with E-state index < -0.39 is 17.6 Å². The van der Waals surface area contributed by atoms with Crippen molar-refractivity contribution >= 4 is 34.6 Å². The van der Waals surface area contributed by atoms with Crippen LogP contribution in [0.25, 0.3) is 6.08 Å². The molecule has 0 saturated carbocycles. The number of phenolic OH excluding ortho intramolecular Hbond substituents is 1. The number of methoxy groups -OCH3 is 1. The topological polar surface area (TPSA) is 70.9 Å². The third-order valence-corrected chi connectivity index (χ3v) is 4.47. The van der Waals surface area contributed by atoms with Gasteiger partial charge in [0, 0.05) is 0 Å². The highest BCUT2D eigenvalue weighted by Crippen LogP contribution is 2.34. The van der Waals surface area contributed by atoms with Gasteiger partial charge in [0.15, 0.2) is 16.7 Å². The zero-order valence-electron chi connectivity index (χ0n) is 13.9. The molecule has 1 amide bonds. The van der Waals surface area contributed by atoms with Crippen molar-refractivity contribution in [2.75, 3.05) is 7.11 Å². The van der Waals surface area contributed by atoms with Gasteiger partial charge < -0.3 is 15.2 Å². The number of aromatic hydroxyl groups is 1. The number of ether oxygens (including phenoxy) is 1. The number of benzene rings is 2. The summed E-state index contributed by atoms with van der Waals surface area (Å²) in [4.78, 5) is 16.4. The van der Waals surface area contributed by atoms with Crippen LogP contribution in [0.1, 0.15) is 11.1 Å². The molecule has 5 nitrogen and oxygen atoms in total. The zero-order chi connectivity index (χ0) is 19.6. The van der Waals surface area contributed by atoms with Gasteiger partial charge in [0.25, 0.3) is 5.91 Å². The molecule has 2 aromatic carbocycles. The standard InChI is InChI=1S/C18H13F3N2O3S/c1-26-14-6-5-10(7-13(14)24)8-15-16(25)23-17(27-15)22-12-4-2-3-11(9-12)18(19,20)21/h2-9,24H,1H3,(H,22,23,25)/b15-8-. The molecule has 0 aliphatic carbocycles. The Kier molecular flexibility index (Phi) is 5.13. The van der Waals surface area contributed by atoms with Crippen LogP contribution in [-0.4, -0.2) is 23.3 Å². The van der Waals surface area contributed by atoms with Crippen molar-refractivity contribution in [3.05, 3.63) is 58.5 Å². The van der Waals surface area contributed by atoms with Crippen LogP contribution in [0.3, 0.4) is 0 Å². The Morgan fingerprint density at radius 3 is 2.67 bits per heavy atom. The van der Waals surface area contributed by atoms with Gasteiger partial charge in [-0.1, -0.05) is 12.1 Å². The van der Waals surface area contributed by atoms with Crippen LogP contribution in [0.4, 0.5) is 18.9 Å². The minimum Gasteiger partial charge on any atom is -0.504 e. The van der Waals surface area contributed by atoms with Crippen LogP contribution in [0.2, 0.25) is 0 Å². The van der Waals surface area contributed by atoms with Crippen molar-refractivity contribution in [3.8, 4) is 11.5 Å². The second kappa shape index (κ2) is 7.36. The Hall–Kier alpha value is -2.94. The van der Waals surface area contributed by atoms with E-state index >= 15 is 0 Å². The van der Waals surface area contributed by atoms with E-state index in [1.54, 1.807) is 12.1 Å². The largest absolute Gasteiger partial charge is 0.504 e. The number of hydrogen-bond donors (Lipinski definition) is 2. The summed E-state index contributed by atoms with van der Waals surface area (Å²) in [5.74, 6) is -0.207. The number of nitrogens with one attached hydrogen (secondary N) is 1. The summed E-state index contributed by atoms with van der Waals surface area (Å²) in [5.41, 5.74) is -0.176. The Morgan fingerprint density at radius 1 is 1.22 bits per heavy atom. The molecule has 0 spiro atoms. The van der Waals surface area contributed by atoms with Gasteiger partial charge in [-0.2, -0.15) is 13.2 Å². The Balaban J connectivity index is 1.83. The van der Waals surface area contributed by atoms with Crippen molar-refractivity contribution in [1.82, 2.24) is 5.32 Å². The lowest BCUT2D eigenvalue weighted by Gasteiger charge is -2.06. The van der Waals surface area contributed by atoms with E-state index in [-0.39, 0.29) is 16.6 Å². The van der Waals surface area contributed by atoms with E-state index in [1.165, 1.54) is 31.4 Å². The molecule has 0 bridgehead atoms. The first-order chi connectivity index (χ1) is 12.8. The van der Waals surface area contributed by atoms with Crippen molar-refractivity contribution in [3.63, 3.8) is 0 Å². The smallest absolute Gasteiger partial charge is 0.416 e. The van der Waals surface area contributed by atoms with Crippen LogP contribution >= 0.6 is 11.8 Å². The molecule has 27 heavy (non-hydrogen) atoms. The maximum atomic E-state index is 12.8. The molecule has 9 heteroatoms. The molecule has 1 aliphatic rings. The molecular weight excluding hydrogens is 381 g/mol. The molecule has 0 radical (unpaired) electrons. The fourth-order valence-corrected chi connectivity index (χ4v) is 3.14. The van der Waals surface area contributed by atoms with Gasteiger partial charge in [0.05, 0.1) is 23.3 Å². The van der Waals surface area contributed by atoms with Crippen molar-refractivity contribution < 1.29 is 27.8 Å². The number of amidine groups is 1. The van der Waals surface area contributed by atoms with Gasteiger partial charge in [-0.3, -0.25) is 4.79 Å². The third kappa shape index (κ3) is 4.43. The summed E-state index contributed by atoms with van der Waals surface area (Å²) < 4.78 is 43.3. The molecule has 3 rings (SSSR count). The summed E-state index contributed by atoms with van der Waals surface area (Å²) in [5, 5.41) is 12.5. The molecule has 0 aromatic heterocycles. The van der Waals surface area contributed by atoms with E-state index in [4.69, 9.17) is 4.74 Å². The Labute approximate surface area is 156 Å². The van der Waals surface area contributed by atoms with Crippen molar-refractivity contribution in [2.24, 2.45) is 4.99 Å². The summed E-state index contributed by atoms with van der Waals surface area (Å²) in [7, 11) is 1.42. The Bertz CT molecular complexity index is 955. The molecule has 0 unspecified atom stereocenters. The summed E-state index contributed by atoms with van der Waals surface area (Å²) in [6.45, 7) is 0. The van der Waals surface area contributed by atoms with Gasteiger partial charge in [-0.05, 0) is 53.7 Å². The van der Waals surface area contributed by atoms with Gasteiger partial charge in [0.1, 0.15) is 0 Å². The van der Waals surface area contributed by atoms with E-state index in [0.717, 1.165) is 23.9 Å². The number of halogens is 3. The lowest BCUT2D eigenvalue weighted by Crippen LogP contribution is -2.19. The summed E-state index contributed by atoms with van der Waals surface area (Å²) in [6, 6.07) is 9.16. The Morgan fingerprint density at radius 2 is 2.00 bits per heavy atom. The molecule has 140 valence electrons. The number of nitrogens with zero attached hydrogens (tertiary/aromatic N) is 1. The summed E-state index contributed by atoms with van der Waals surface area (Å²) in [6.07, 6.45) is -2.93. The van der Waals surface area contributed by atoms with E-state index in [9.17, 15) is 23.1 Å². The van der Waals surface area contributed by atoms with Gasteiger partial charge >= 0.3 is 6.18 Å². The molecule has 0 atom stereocenters. The molecule has 2 aromatic rings. The molecule has 1 heterocycles.